The van der Waals surface area contributed by atoms with Crippen LogP contribution in [0.5, 0.6) is 0 Å². The molecule has 0 saturated heterocycles. The van der Waals surface area contributed by atoms with Crippen LogP contribution in [0.1, 0.15) is 24.0 Å². The molecule has 110 valence electrons. The summed E-state index contributed by atoms with van der Waals surface area (Å²) < 4.78 is 13.5. The minimum Gasteiger partial charge on any atom is -0.362 e. The maximum absolute atomic E-state index is 13.5. The first kappa shape index (κ1) is 15.4. The molecule has 1 atom stereocenters. The molecule has 2 nitrogen and oxygen atoms in total. The van der Waals surface area contributed by atoms with Crippen molar-refractivity contribution in [2.75, 3.05) is 11.9 Å². The maximum Gasteiger partial charge on any atom is 0.170 e. The van der Waals surface area contributed by atoms with Crippen molar-refractivity contribution in [1.82, 2.24) is 5.32 Å². The molecule has 2 aromatic carbocycles. The van der Waals surface area contributed by atoms with E-state index in [0.29, 0.717) is 22.3 Å². The van der Waals surface area contributed by atoms with Crippen molar-refractivity contribution < 1.29 is 4.39 Å². The average Bonchev–Trinajstić information content (AvgIpc) is 2.49. The smallest absolute Gasteiger partial charge is 0.170 e. The molecule has 0 bridgehead atoms. The van der Waals surface area contributed by atoms with E-state index in [1.165, 1.54) is 11.6 Å². The van der Waals surface area contributed by atoms with Gasteiger partial charge in [-0.25, -0.2) is 4.39 Å². The first-order chi connectivity index (χ1) is 10.1. The van der Waals surface area contributed by atoms with E-state index in [-0.39, 0.29) is 5.82 Å². The Morgan fingerprint density at radius 3 is 2.57 bits per heavy atom. The molecule has 2 rings (SSSR count). The Kier molecular flexibility index (Phi) is 5.28. The molecule has 0 aromatic heterocycles. The quantitative estimate of drug-likeness (QED) is 0.827. The van der Waals surface area contributed by atoms with E-state index in [1.807, 2.05) is 24.3 Å². The Balaban J connectivity index is 1.86. The van der Waals surface area contributed by atoms with Crippen LogP contribution in [0.2, 0.25) is 0 Å². The van der Waals surface area contributed by atoms with E-state index in [4.69, 9.17) is 12.2 Å². The summed E-state index contributed by atoms with van der Waals surface area (Å²) >= 11 is 5.24. The van der Waals surface area contributed by atoms with Gasteiger partial charge in [0.25, 0.3) is 0 Å². The second-order valence-electron chi connectivity index (χ2n) is 5.11. The van der Waals surface area contributed by atoms with E-state index >= 15 is 0 Å². The Morgan fingerprint density at radius 2 is 1.90 bits per heavy atom. The zero-order valence-corrected chi connectivity index (χ0v) is 13.0. The van der Waals surface area contributed by atoms with Crippen LogP contribution in [-0.2, 0) is 0 Å². The van der Waals surface area contributed by atoms with Crippen LogP contribution >= 0.6 is 12.2 Å². The number of hydrogen-bond donors (Lipinski definition) is 2. The van der Waals surface area contributed by atoms with E-state index in [2.05, 4.69) is 29.7 Å². The van der Waals surface area contributed by atoms with Crippen LogP contribution in [0.15, 0.2) is 48.5 Å². The number of rotatable bonds is 4. The van der Waals surface area contributed by atoms with E-state index < -0.39 is 0 Å². The van der Waals surface area contributed by atoms with Crippen molar-refractivity contribution in [2.45, 2.75) is 19.8 Å². The summed E-state index contributed by atoms with van der Waals surface area (Å²) in [5, 5.41) is 6.66. The van der Waals surface area contributed by atoms with E-state index in [0.717, 1.165) is 6.54 Å². The van der Waals surface area contributed by atoms with Crippen molar-refractivity contribution in [3.05, 3.63) is 65.5 Å². The zero-order chi connectivity index (χ0) is 15.2. The number of hydrogen-bond acceptors (Lipinski definition) is 1. The fourth-order valence-corrected chi connectivity index (χ4v) is 2.19. The van der Waals surface area contributed by atoms with Gasteiger partial charge in [-0.2, -0.15) is 0 Å². The van der Waals surface area contributed by atoms with Gasteiger partial charge in [-0.15, -0.1) is 0 Å². The monoisotopic (exact) mass is 302 g/mol. The molecule has 2 aromatic rings. The van der Waals surface area contributed by atoms with Gasteiger partial charge in [-0.1, -0.05) is 43.3 Å². The summed E-state index contributed by atoms with van der Waals surface area (Å²) in [6.45, 7) is 4.60. The zero-order valence-electron chi connectivity index (χ0n) is 12.2. The molecule has 0 heterocycles. The molecule has 4 heteroatoms. The molecule has 21 heavy (non-hydrogen) atoms. The Morgan fingerprint density at radius 1 is 1.19 bits per heavy atom. The fraction of sp³-hybridized carbons (Fsp3) is 0.235. The molecule has 0 spiro atoms. The van der Waals surface area contributed by atoms with Crippen LogP contribution in [0.25, 0.3) is 0 Å². The number of thiocarbonyl (C=S) groups is 1. The largest absolute Gasteiger partial charge is 0.362 e. The van der Waals surface area contributed by atoms with Gasteiger partial charge in [-0.05, 0) is 48.3 Å². The topological polar surface area (TPSA) is 24.1 Å². The first-order valence-electron chi connectivity index (χ1n) is 6.92. The van der Waals surface area contributed by atoms with Gasteiger partial charge in [0.05, 0.1) is 0 Å². The lowest BCUT2D eigenvalue weighted by Gasteiger charge is -2.15. The number of benzene rings is 2. The third kappa shape index (κ3) is 4.53. The highest BCUT2D eigenvalue weighted by Crippen LogP contribution is 2.15. The van der Waals surface area contributed by atoms with Crippen molar-refractivity contribution in [2.24, 2.45) is 0 Å². The second-order valence-corrected chi connectivity index (χ2v) is 5.52. The van der Waals surface area contributed by atoms with E-state index in [1.54, 1.807) is 13.0 Å². The van der Waals surface area contributed by atoms with Crippen molar-refractivity contribution >= 4 is 23.0 Å². The molecule has 0 amide bonds. The Hall–Kier alpha value is -1.94. The Labute approximate surface area is 130 Å². The third-order valence-corrected chi connectivity index (χ3v) is 3.61. The molecule has 0 aliphatic carbocycles. The highest BCUT2D eigenvalue weighted by molar-refractivity contribution is 7.80. The third-order valence-electron chi connectivity index (χ3n) is 3.37. The van der Waals surface area contributed by atoms with Gasteiger partial charge >= 0.3 is 0 Å². The molecule has 0 aliphatic rings. The highest BCUT2D eigenvalue weighted by Gasteiger charge is 2.06. The summed E-state index contributed by atoms with van der Waals surface area (Å²) in [6.07, 6.45) is 0. The standard InChI is InChI=1S/C17H19FN2S/c1-12-8-9-15(10-16(12)18)20-17(21)19-11-13(2)14-6-4-3-5-7-14/h3-10,13H,11H2,1-2H3,(H2,19,20,21)/t13-/m1/s1. The molecule has 0 radical (unpaired) electrons. The van der Waals surface area contributed by atoms with Gasteiger partial charge in [0.15, 0.2) is 5.11 Å². The van der Waals surface area contributed by atoms with Gasteiger partial charge < -0.3 is 10.6 Å². The lowest BCUT2D eigenvalue weighted by Crippen LogP contribution is -2.31. The van der Waals surface area contributed by atoms with Gasteiger partial charge in [0, 0.05) is 12.2 Å². The van der Waals surface area contributed by atoms with Gasteiger partial charge in [0.1, 0.15) is 5.82 Å². The van der Waals surface area contributed by atoms with Crippen LogP contribution < -0.4 is 10.6 Å². The number of nitrogens with one attached hydrogen (secondary N) is 2. The summed E-state index contributed by atoms with van der Waals surface area (Å²) in [4.78, 5) is 0. The fourth-order valence-electron chi connectivity index (χ4n) is 1.99. The number of anilines is 1. The minimum absolute atomic E-state index is 0.236. The van der Waals surface area contributed by atoms with Crippen molar-refractivity contribution in [3.63, 3.8) is 0 Å². The summed E-state index contributed by atoms with van der Waals surface area (Å²) in [5.41, 5.74) is 2.54. The second kappa shape index (κ2) is 7.18. The SMILES string of the molecule is Cc1ccc(NC(=S)NC[C@@H](C)c2ccccc2)cc1F. The van der Waals surface area contributed by atoms with Gasteiger partial charge in [-0.3, -0.25) is 0 Å². The van der Waals surface area contributed by atoms with Crippen LogP contribution in [0, 0.1) is 12.7 Å². The van der Waals surface area contributed by atoms with Crippen molar-refractivity contribution in [3.8, 4) is 0 Å². The molecule has 0 unspecified atom stereocenters. The van der Waals surface area contributed by atoms with Gasteiger partial charge in [0.2, 0.25) is 0 Å². The molecule has 0 saturated carbocycles. The summed E-state index contributed by atoms with van der Waals surface area (Å²) in [5.74, 6) is 0.112. The van der Waals surface area contributed by atoms with Crippen LogP contribution in [-0.4, -0.2) is 11.7 Å². The van der Waals surface area contributed by atoms with Crippen LogP contribution in [0.3, 0.4) is 0 Å². The highest BCUT2D eigenvalue weighted by atomic mass is 32.1. The van der Waals surface area contributed by atoms with Crippen molar-refractivity contribution in [1.29, 1.82) is 0 Å². The lowest BCUT2D eigenvalue weighted by atomic mass is 10.0. The Bertz CT molecular complexity index is 613. The predicted octanol–water partition coefficient (Wildman–Crippen LogP) is 4.22. The van der Waals surface area contributed by atoms with E-state index in [9.17, 15) is 4.39 Å². The molecule has 2 N–H and O–H groups in total. The molecular formula is C17H19FN2S. The minimum atomic E-state index is -0.236. The summed E-state index contributed by atoms with van der Waals surface area (Å²) in [6, 6.07) is 15.2. The normalized spacial score (nSPS) is 11.8. The molecular weight excluding hydrogens is 283 g/mol. The maximum atomic E-state index is 13.5. The molecule has 0 fully saturated rings. The first-order valence-corrected chi connectivity index (χ1v) is 7.33. The average molecular weight is 302 g/mol. The summed E-state index contributed by atoms with van der Waals surface area (Å²) in [7, 11) is 0. The number of aryl methyl sites for hydroxylation is 1. The lowest BCUT2D eigenvalue weighted by molar-refractivity contribution is 0.619. The van der Waals surface area contributed by atoms with Crippen LogP contribution in [0.4, 0.5) is 10.1 Å². The number of halogens is 1. The predicted molar refractivity (Wildman–Crippen MR) is 90.2 cm³/mol. The molecule has 0 aliphatic heterocycles.